The Balaban J connectivity index is 1.50. The first-order valence-corrected chi connectivity index (χ1v) is 8.98. The minimum absolute atomic E-state index is 0.182. The molecule has 3 N–H and O–H groups in total. The van der Waals surface area contributed by atoms with E-state index in [1.165, 1.54) is 0 Å². The lowest BCUT2D eigenvalue weighted by atomic mass is 10.1. The number of nitrogens with zero attached hydrogens (tertiary/aromatic N) is 2. The standard InChI is InChI=1S/C19H13N5OS/c25-18-14(9-21-19-22-15-3-1-2-4-16(15)23-19)13-7-12(8-20-17(13)24-18)11-5-6-26-10-11/h1-10H,(H,20,24,25)(H2,21,22,23). The molecule has 1 aliphatic rings. The molecule has 0 saturated carbocycles. The Bertz CT molecular complexity index is 1130. The number of H-pyrrole nitrogens is 1. The fourth-order valence-corrected chi connectivity index (χ4v) is 3.62. The van der Waals surface area contributed by atoms with Gasteiger partial charge in [-0.25, -0.2) is 9.97 Å². The first-order valence-electron chi connectivity index (χ1n) is 8.04. The van der Waals surface area contributed by atoms with Crippen molar-refractivity contribution in [2.75, 3.05) is 10.6 Å². The number of para-hydroxylation sites is 2. The predicted molar refractivity (Wildman–Crippen MR) is 104 cm³/mol. The second-order valence-corrected chi connectivity index (χ2v) is 6.67. The van der Waals surface area contributed by atoms with Crippen LogP contribution in [-0.4, -0.2) is 20.9 Å². The maximum atomic E-state index is 12.3. The number of nitrogens with one attached hydrogen (secondary N) is 3. The van der Waals surface area contributed by atoms with E-state index in [2.05, 4.69) is 31.0 Å². The van der Waals surface area contributed by atoms with Crippen LogP contribution >= 0.6 is 11.3 Å². The van der Waals surface area contributed by atoms with Crippen LogP contribution in [0, 0.1) is 0 Å². The second kappa shape index (κ2) is 5.82. The molecule has 5 rings (SSSR count). The number of aromatic amines is 1. The topological polar surface area (TPSA) is 82.7 Å². The molecule has 0 unspecified atom stereocenters. The number of rotatable bonds is 3. The number of benzene rings is 1. The minimum atomic E-state index is -0.182. The summed E-state index contributed by atoms with van der Waals surface area (Å²) in [4.78, 5) is 24.4. The van der Waals surface area contributed by atoms with E-state index in [0.717, 1.165) is 27.7 Å². The zero-order valence-electron chi connectivity index (χ0n) is 13.5. The van der Waals surface area contributed by atoms with E-state index in [-0.39, 0.29) is 5.91 Å². The second-order valence-electron chi connectivity index (χ2n) is 5.89. The summed E-state index contributed by atoms with van der Waals surface area (Å²) in [6.45, 7) is 0. The number of fused-ring (bicyclic) bond motifs is 2. The van der Waals surface area contributed by atoms with Gasteiger partial charge in [0.2, 0.25) is 5.95 Å². The van der Waals surface area contributed by atoms with E-state index < -0.39 is 0 Å². The van der Waals surface area contributed by atoms with Gasteiger partial charge in [0.15, 0.2) is 0 Å². The van der Waals surface area contributed by atoms with Crippen LogP contribution < -0.4 is 10.6 Å². The molecule has 4 aromatic rings. The van der Waals surface area contributed by atoms with Crippen molar-refractivity contribution in [1.29, 1.82) is 0 Å². The molecule has 0 saturated heterocycles. The zero-order chi connectivity index (χ0) is 17.5. The van der Waals surface area contributed by atoms with E-state index in [4.69, 9.17) is 0 Å². The van der Waals surface area contributed by atoms with E-state index >= 15 is 0 Å². The van der Waals surface area contributed by atoms with Crippen molar-refractivity contribution in [3.63, 3.8) is 0 Å². The number of pyridine rings is 1. The Morgan fingerprint density at radius 1 is 1.15 bits per heavy atom. The monoisotopic (exact) mass is 359 g/mol. The van der Waals surface area contributed by atoms with Gasteiger partial charge in [0.1, 0.15) is 5.82 Å². The highest BCUT2D eigenvalue weighted by Crippen LogP contribution is 2.33. The number of anilines is 2. The molecule has 0 spiro atoms. The predicted octanol–water partition coefficient (Wildman–Crippen LogP) is 4.09. The molecule has 26 heavy (non-hydrogen) atoms. The number of aromatic nitrogens is 3. The number of carbonyl (C=O) groups excluding carboxylic acids is 1. The summed E-state index contributed by atoms with van der Waals surface area (Å²) in [5, 5.41) is 9.96. The van der Waals surface area contributed by atoms with E-state index in [0.29, 0.717) is 17.3 Å². The number of hydrogen-bond donors (Lipinski definition) is 3. The SMILES string of the molecule is O=C1Nc2ncc(-c3ccsc3)cc2C1=CNc1nc2ccccc2[nH]1. The highest BCUT2D eigenvalue weighted by atomic mass is 32.1. The van der Waals surface area contributed by atoms with Crippen molar-refractivity contribution in [2.45, 2.75) is 0 Å². The molecule has 0 radical (unpaired) electrons. The van der Waals surface area contributed by atoms with Gasteiger partial charge in [-0.2, -0.15) is 11.3 Å². The molecule has 6 nitrogen and oxygen atoms in total. The van der Waals surface area contributed by atoms with E-state index in [9.17, 15) is 4.79 Å². The van der Waals surface area contributed by atoms with Crippen LogP contribution in [-0.2, 0) is 4.79 Å². The van der Waals surface area contributed by atoms with Crippen molar-refractivity contribution in [2.24, 2.45) is 0 Å². The highest BCUT2D eigenvalue weighted by Gasteiger charge is 2.26. The molecule has 1 amide bonds. The Morgan fingerprint density at radius 2 is 2.08 bits per heavy atom. The van der Waals surface area contributed by atoms with Gasteiger partial charge in [0.25, 0.3) is 5.91 Å². The Hall–Kier alpha value is -3.45. The molecule has 126 valence electrons. The molecule has 0 aliphatic carbocycles. The molecular weight excluding hydrogens is 346 g/mol. The third-order valence-electron chi connectivity index (χ3n) is 4.25. The van der Waals surface area contributed by atoms with Crippen molar-refractivity contribution in [3.8, 4) is 11.1 Å². The molecule has 1 aromatic carbocycles. The van der Waals surface area contributed by atoms with Gasteiger partial charge in [-0.1, -0.05) is 12.1 Å². The van der Waals surface area contributed by atoms with Crippen LogP contribution in [0.25, 0.3) is 27.7 Å². The molecule has 0 atom stereocenters. The number of thiophene rings is 1. The number of imidazole rings is 1. The van der Waals surface area contributed by atoms with Crippen LogP contribution in [0.5, 0.6) is 0 Å². The Morgan fingerprint density at radius 3 is 2.92 bits per heavy atom. The Kier molecular flexibility index (Phi) is 3.32. The third kappa shape index (κ3) is 2.46. The highest BCUT2D eigenvalue weighted by molar-refractivity contribution is 7.08. The molecule has 0 fully saturated rings. The lowest BCUT2D eigenvalue weighted by Gasteiger charge is -2.02. The largest absolute Gasteiger partial charge is 0.332 e. The molecule has 7 heteroatoms. The summed E-state index contributed by atoms with van der Waals surface area (Å²) >= 11 is 1.63. The van der Waals surface area contributed by atoms with E-state index in [1.54, 1.807) is 23.7 Å². The summed E-state index contributed by atoms with van der Waals surface area (Å²) < 4.78 is 0. The maximum Gasteiger partial charge on any atom is 0.259 e. The van der Waals surface area contributed by atoms with Crippen LogP contribution in [0.15, 0.2) is 59.6 Å². The van der Waals surface area contributed by atoms with Gasteiger partial charge in [-0.15, -0.1) is 0 Å². The number of carbonyl (C=O) groups is 1. The fraction of sp³-hybridized carbons (Fsp3) is 0. The summed E-state index contributed by atoms with van der Waals surface area (Å²) in [6, 6.07) is 11.8. The number of hydrogen-bond acceptors (Lipinski definition) is 5. The molecule has 0 bridgehead atoms. The smallest absolute Gasteiger partial charge is 0.259 e. The molecule has 3 aromatic heterocycles. The van der Waals surface area contributed by atoms with Crippen LogP contribution in [0.3, 0.4) is 0 Å². The summed E-state index contributed by atoms with van der Waals surface area (Å²) in [5.74, 6) is 0.979. The van der Waals surface area contributed by atoms with Crippen molar-refractivity contribution in [3.05, 3.63) is 65.1 Å². The summed E-state index contributed by atoms with van der Waals surface area (Å²) in [6.07, 6.45) is 3.44. The first-order chi connectivity index (χ1) is 12.8. The van der Waals surface area contributed by atoms with Crippen molar-refractivity contribution < 1.29 is 4.79 Å². The maximum absolute atomic E-state index is 12.3. The Labute approximate surface area is 152 Å². The average molecular weight is 359 g/mol. The minimum Gasteiger partial charge on any atom is -0.332 e. The lowest BCUT2D eigenvalue weighted by Crippen LogP contribution is -2.05. The quantitative estimate of drug-likeness (QED) is 0.481. The van der Waals surface area contributed by atoms with Gasteiger partial charge in [-0.05, 0) is 40.6 Å². The third-order valence-corrected chi connectivity index (χ3v) is 4.93. The molecular formula is C19H13N5OS. The zero-order valence-corrected chi connectivity index (χ0v) is 14.3. The fourth-order valence-electron chi connectivity index (χ4n) is 2.96. The van der Waals surface area contributed by atoms with Crippen LogP contribution in [0.4, 0.5) is 11.8 Å². The number of amides is 1. The van der Waals surface area contributed by atoms with E-state index in [1.807, 2.05) is 41.8 Å². The van der Waals surface area contributed by atoms with Gasteiger partial charge in [0.05, 0.1) is 16.6 Å². The lowest BCUT2D eigenvalue weighted by molar-refractivity contribution is -0.110. The van der Waals surface area contributed by atoms with Gasteiger partial charge >= 0.3 is 0 Å². The van der Waals surface area contributed by atoms with Crippen molar-refractivity contribution in [1.82, 2.24) is 15.0 Å². The summed E-state index contributed by atoms with van der Waals surface area (Å²) in [5.41, 5.74) is 5.19. The average Bonchev–Trinajstić information content (AvgIpc) is 3.37. The molecule has 4 heterocycles. The summed E-state index contributed by atoms with van der Waals surface area (Å²) in [7, 11) is 0. The van der Waals surface area contributed by atoms with Gasteiger partial charge in [0, 0.05) is 23.5 Å². The van der Waals surface area contributed by atoms with Crippen LogP contribution in [0.1, 0.15) is 5.56 Å². The van der Waals surface area contributed by atoms with Gasteiger partial charge in [-0.3, -0.25) is 4.79 Å². The molecule has 1 aliphatic heterocycles. The van der Waals surface area contributed by atoms with Gasteiger partial charge < -0.3 is 15.6 Å². The first kappa shape index (κ1) is 14.9. The normalized spacial score (nSPS) is 14.6. The van der Waals surface area contributed by atoms with Crippen LogP contribution in [0.2, 0.25) is 0 Å². The van der Waals surface area contributed by atoms with Crippen molar-refractivity contribution >= 4 is 45.6 Å².